The second kappa shape index (κ2) is 5.51. The lowest BCUT2D eigenvalue weighted by Gasteiger charge is -2.32. The van der Waals surface area contributed by atoms with Crippen LogP contribution in [0.3, 0.4) is 0 Å². The van der Waals surface area contributed by atoms with Gasteiger partial charge in [-0.1, -0.05) is 0 Å². The predicted octanol–water partition coefficient (Wildman–Crippen LogP) is 2.43. The quantitative estimate of drug-likeness (QED) is 0.805. The fraction of sp³-hybridized carbons (Fsp3) is 0.533. The summed E-state index contributed by atoms with van der Waals surface area (Å²) in [7, 11) is 0. The van der Waals surface area contributed by atoms with Gasteiger partial charge in [-0.3, -0.25) is 4.79 Å². The third kappa shape index (κ3) is 3.19. The number of carbonyl (C=O) groups excluding carboxylic acids is 1. The van der Waals surface area contributed by atoms with Crippen molar-refractivity contribution in [3.8, 4) is 5.75 Å². The number of likely N-dealkylation sites (tertiary alicyclic amines) is 1. The van der Waals surface area contributed by atoms with Crippen molar-refractivity contribution < 1.29 is 9.90 Å². The van der Waals surface area contributed by atoms with Crippen molar-refractivity contribution in [3.05, 3.63) is 23.3 Å². The highest BCUT2D eigenvalue weighted by atomic mass is 16.3. The molecule has 4 nitrogen and oxygen atoms in total. The second-order valence-electron chi connectivity index (χ2n) is 5.38. The molecule has 0 atom stereocenters. The van der Waals surface area contributed by atoms with E-state index in [2.05, 4.69) is 5.32 Å². The molecular formula is C15H22N2O2. The number of anilines is 1. The summed E-state index contributed by atoms with van der Waals surface area (Å²) in [5.74, 6) is 0.504. The zero-order valence-electron chi connectivity index (χ0n) is 11.9. The van der Waals surface area contributed by atoms with Crippen LogP contribution in [0.1, 0.15) is 30.9 Å². The first kappa shape index (κ1) is 13.7. The van der Waals surface area contributed by atoms with Crippen molar-refractivity contribution in [1.29, 1.82) is 0 Å². The summed E-state index contributed by atoms with van der Waals surface area (Å²) in [5.41, 5.74) is 3.02. The first-order valence-electron chi connectivity index (χ1n) is 6.79. The molecular weight excluding hydrogens is 240 g/mol. The van der Waals surface area contributed by atoms with Gasteiger partial charge in [-0.2, -0.15) is 0 Å². The lowest BCUT2D eigenvalue weighted by atomic mass is 10.0. The molecule has 19 heavy (non-hydrogen) atoms. The van der Waals surface area contributed by atoms with Crippen LogP contribution < -0.4 is 5.32 Å². The van der Waals surface area contributed by atoms with E-state index in [-0.39, 0.29) is 5.91 Å². The smallest absolute Gasteiger partial charge is 0.219 e. The Morgan fingerprint density at radius 1 is 1.26 bits per heavy atom. The van der Waals surface area contributed by atoms with Gasteiger partial charge in [0.15, 0.2) is 0 Å². The molecule has 1 aliphatic heterocycles. The minimum Gasteiger partial charge on any atom is -0.508 e. The number of hydrogen-bond acceptors (Lipinski definition) is 3. The number of phenolic OH excluding ortho intramolecular Hbond substituents is 1. The van der Waals surface area contributed by atoms with E-state index in [4.69, 9.17) is 0 Å². The third-order valence-corrected chi connectivity index (χ3v) is 3.84. The lowest BCUT2D eigenvalue weighted by molar-refractivity contribution is -0.129. The van der Waals surface area contributed by atoms with Crippen LogP contribution in [0, 0.1) is 13.8 Å². The molecule has 1 fully saturated rings. The Labute approximate surface area is 114 Å². The van der Waals surface area contributed by atoms with Gasteiger partial charge in [0.05, 0.1) is 0 Å². The fourth-order valence-electron chi connectivity index (χ4n) is 2.52. The van der Waals surface area contributed by atoms with Gasteiger partial charge in [-0.15, -0.1) is 0 Å². The maximum atomic E-state index is 11.3. The Balaban J connectivity index is 1.99. The van der Waals surface area contributed by atoms with E-state index < -0.39 is 0 Å². The number of benzene rings is 1. The van der Waals surface area contributed by atoms with E-state index in [9.17, 15) is 9.90 Å². The zero-order valence-corrected chi connectivity index (χ0v) is 11.9. The Hall–Kier alpha value is -1.71. The molecule has 2 rings (SSSR count). The summed E-state index contributed by atoms with van der Waals surface area (Å²) in [4.78, 5) is 13.2. The normalized spacial score (nSPS) is 16.5. The number of phenols is 1. The molecule has 4 heteroatoms. The molecule has 1 aromatic rings. The van der Waals surface area contributed by atoms with Gasteiger partial charge in [-0.25, -0.2) is 0 Å². The van der Waals surface area contributed by atoms with Crippen molar-refractivity contribution in [2.45, 2.75) is 39.7 Å². The average molecular weight is 262 g/mol. The van der Waals surface area contributed by atoms with Crippen LogP contribution in [-0.2, 0) is 4.79 Å². The Morgan fingerprint density at radius 2 is 1.89 bits per heavy atom. The van der Waals surface area contributed by atoms with Gasteiger partial charge in [0, 0.05) is 31.7 Å². The third-order valence-electron chi connectivity index (χ3n) is 3.84. The van der Waals surface area contributed by atoms with Crippen molar-refractivity contribution in [3.63, 3.8) is 0 Å². The predicted molar refractivity (Wildman–Crippen MR) is 76.5 cm³/mol. The number of aromatic hydroxyl groups is 1. The molecule has 1 saturated heterocycles. The van der Waals surface area contributed by atoms with Crippen LogP contribution >= 0.6 is 0 Å². The summed E-state index contributed by atoms with van der Waals surface area (Å²) >= 11 is 0. The molecule has 1 aromatic carbocycles. The SMILES string of the molecule is CC(=O)N1CCC(Nc2cc(C)c(O)cc2C)CC1. The molecule has 0 spiro atoms. The molecule has 1 aliphatic rings. The van der Waals surface area contributed by atoms with Crippen molar-refractivity contribution >= 4 is 11.6 Å². The second-order valence-corrected chi connectivity index (χ2v) is 5.38. The Bertz CT molecular complexity index is 477. The highest BCUT2D eigenvalue weighted by Crippen LogP contribution is 2.26. The molecule has 0 bridgehead atoms. The first-order valence-corrected chi connectivity index (χ1v) is 6.79. The monoisotopic (exact) mass is 262 g/mol. The molecule has 104 valence electrons. The minimum absolute atomic E-state index is 0.162. The summed E-state index contributed by atoms with van der Waals surface area (Å²) in [6, 6.07) is 4.18. The molecule has 2 N–H and O–H groups in total. The number of hydrogen-bond donors (Lipinski definition) is 2. The van der Waals surface area contributed by atoms with Crippen LogP contribution in [0.2, 0.25) is 0 Å². The highest BCUT2D eigenvalue weighted by molar-refractivity contribution is 5.73. The maximum absolute atomic E-state index is 11.3. The Morgan fingerprint density at radius 3 is 2.47 bits per heavy atom. The summed E-state index contributed by atoms with van der Waals surface area (Å²) in [5, 5.41) is 13.2. The lowest BCUT2D eigenvalue weighted by Crippen LogP contribution is -2.41. The Kier molecular flexibility index (Phi) is 3.98. The molecule has 0 saturated carbocycles. The molecule has 0 radical (unpaired) electrons. The number of rotatable bonds is 2. The molecule has 0 aromatic heterocycles. The first-order chi connectivity index (χ1) is 8.97. The van der Waals surface area contributed by atoms with E-state index in [1.807, 2.05) is 24.8 Å². The van der Waals surface area contributed by atoms with E-state index in [0.717, 1.165) is 42.7 Å². The van der Waals surface area contributed by atoms with Gasteiger partial charge < -0.3 is 15.3 Å². The van der Waals surface area contributed by atoms with Crippen LogP contribution in [0.15, 0.2) is 12.1 Å². The van der Waals surface area contributed by atoms with Crippen LogP contribution in [-0.4, -0.2) is 35.0 Å². The minimum atomic E-state index is 0.162. The van der Waals surface area contributed by atoms with E-state index in [0.29, 0.717) is 11.8 Å². The topological polar surface area (TPSA) is 52.6 Å². The average Bonchev–Trinajstić information content (AvgIpc) is 2.36. The van der Waals surface area contributed by atoms with Crippen LogP contribution in [0.4, 0.5) is 5.69 Å². The van der Waals surface area contributed by atoms with Crippen molar-refractivity contribution in [2.24, 2.45) is 0 Å². The van der Waals surface area contributed by atoms with Crippen molar-refractivity contribution in [2.75, 3.05) is 18.4 Å². The van der Waals surface area contributed by atoms with E-state index in [1.165, 1.54) is 0 Å². The molecule has 1 heterocycles. The number of nitrogens with one attached hydrogen (secondary N) is 1. The molecule has 1 amide bonds. The number of carbonyl (C=O) groups is 1. The fourth-order valence-corrected chi connectivity index (χ4v) is 2.52. The number of aryl methyl sites for hydroxylation is 2. The number of piperidine rings is 1. The van der Waals surface area contributed by atoms with E-state index in [1.54, 1.807) is 13.0 Å². The number of amides is 1. The van der Waals surface area contributed by atoms with Gasteiger partial charge in [0.25, 0.3) is 0 Å². The number of nitrogens with zero attached hydrogens (tertiary/aromatic N) is 1. The largest absolute Gasteiger partial charge is 0.508 e. The summed E-state index contributed by atoms with van der Waals surface area (Å²) in [6.45, 7) is 7.16. The highest BCUT2D eigenvalue weighted by Gasteiger charge is 2.20. The maximum Gasteiger partial charge on any atom is 0.219 e. The van der Waals surface area contributed by atoms with Crippen LogP contribution in [0.25, 0.3) is 0 Å². The summed E-state index contributed by atoms with van der Waals surface area (Å²) in [6.07, 6.45) is 1.94. The molecule has 0 unspecified atom stereocenters. The molecule has 0 aliphatic carbocycles. The summed E-state index contributed by atoms with van der Waals surface area (Å²) < 4.78 is 0. The standard InChI is InChI=1S/C15H22N2O2/c1-10-9-15(19)11(2)8-14(10)16-13-4-6-17(7-5-13)12(3)18/h8-9,13,16,19H,4-7H2,1-3H3. The zero-order chi connectivity index (χ0) is 14.0. The van der Waals surface area contributed by atoms with Crippen LogP contribution in [0.5, 0.6) is 5.75 Å². The van der Waals surface area contributed by atoms with Crippen molar-refractivity contribution in [1.82, 2.24) is 4.90 Å². The van der Waals surface area contributed by atoms with E-state index >= 15 is 0 Å². The van der Waals surface area contributed by atoms with Gasteiger partial charge >= 0.3 is 0 Å². The van der Waals surface area contributed by atoms with Gasteiger partial charge in [0.1, 0.15) is 5.75 Å². The van der Waals surface area contributed by atoms with Gasteiger partial charge in [-0.05, 0) is 49.9 Å². The van der Waals surface area contributed by atoms with Gasteiger partial charge in [0.2, 0.25) is 5.91 Å².